The van der Waals surface area contributed by atoms with Crippen molar-refractivity contribution in [2.45, 2.75) is 48.7 Å². The Kier molecular flexibility index (Phi) is 5.79. The van der Waals surface area contributed by atoms with E-state index in [2.05, 4.69) is 5.32 Å². The molecule has 6 heteroatoms. The van der Waals surface area contributed by atoms with Crippen molar-refractivity contribution in [1.82, 2.24) is 10.2 Å². The van der Waals surface area contributed by atoms with Gasteiger partial charge in [-0.3, -0.25) is 4.79 Å². The molecule has 138 valence electrons. The van der Waals surface area contributed by atoms with Gasteiger partial charge in [-0.2, -0.15) is 0 Å². The van der Waals surface area contributed by atoms with Gasteiger partial charge in [0.15, 0.2) is 9.84 Å². The number of hydrogen-bond donors (Lipinski definition) is 1. The summed E-state index contributed by atoms with van der Waals surface area (Å²) in [5, 5.41) is 2.95. The molecule has 1 aliphatic heterocycles. The Balaban J connectivity index is 1.65. The van der Waals surface area contributed by atoms with Crippen LogP contribution in [0.15, 0.2) is 29.2 Å². The van der Waals surface area contributed by atoms with Gasteiger partial charge in [-0.25, -0.2) is 8.42 Å². The van der Waals surface area contributed by atoms with E-state index in [0.717, 1.165) is 58.2 Å². The number of piperidine rings is 1. The molecule has 0 atom stereocenters. The fourth-order valence-electron chi connectivity index (χ4n) is 3.99. The van der Waals surface area contributed by atoms with Gasteiger partial charge < -0.3 is 10.2 Å². The lowest BCUT2D eigenvalue weighted by molar-refractivity contribution is 0.0691. The summed E-state index contributed by atoms with van der Waals surface area (Å²) in [6, 6.07) is 6.55. The molecular formula is C19H28N2O3S. The molecule has 0 bridgehead atoms. The van der Waals surface area contributed by atoms with Crippen molar-refractivity contribution < 1.29 is 13.2 Å². The summed E-state index contributed by atoms with van der Waals surface area (Å²) in [7, 11) is -1.29. The van der Waals surface area contributed by atoms with E-state index < -0.39 is 9.84 Å². The first-order chi connectivity index (χ1) is 12.0. The molecular weight excluding hydrogens is 336 g/mol. The van der Waals surface area contributed by atoms with E-state index in [0.29, 0.717) is 16.4 Å². The molecule has 5 nitrogen and oxygen atoms in total. The number of hydrogen-bond acceptors (Lipinski definition) is 4. The van der Waals surface area contributed by atoms with Crippen molar-refractivity contribution >= 4 is 15.7 Å². The number of carbonyl (C=O) groups excluding carboxylic acids is 1. The monoisotopic (exact) mass is 364 g/mol. The number of amides is 1. The molecule has 1 saturated carbocycles. The van der Waals surface area contributed by atoms with Crippen molar-refractivity contribution in [3.05, 3.63) is 29.8 Å². The van der Waals surface area contributed by atoms with Gasteiger partial charge in [-0.1, -0.05) is 12.8 Å². The van der Waals surface area contributed by atoms with Crippen LogP contribution in [-0.2, 0) is 9.84 Å². The lowest BCUT2D eigenvalue weighted by Gasteiger charge is -2.32. The van der Waals surface area contributed by atoms with Crippen LogP contribution in [0.3, 0.4) is 0 Å². The summed E-state index contributed by atoms with van der Waals surface area (Å²) >= 11 is 0. The zero-order chi connectivity index (χ0) is 17.9. The van der Waals surface area contributed by atoms with Crippen LogP contribution in [0.5, 0.6) is 0 Å². The van der Waals surface area contributed by atoms with E-state index >= 15 is 0 Å². The maximum atomic E-state index is 12.6. The molecule has 25 heavy (non-hydrogen) atoms. The third-order valence-electron chi connectivity index (χ3n) is 5.57. The lowest BCUT2D eigenvalue weighted by atomic mass is 9.96. The van der Waals surface area contributed by atoms with E-state index in [1.54, 1.807) is 24.3 Å². The summed E-state index contributed by atoms with van der Waals surface area (Å²) in [6.07, 6.45) is 5.52. The molecule has 0 aromatic heterocycles. The highest BCUT2D eigenvalue weighted by atomic mass is 32.2. The van der Waals surface area contributed by atoms with Crippen LogP contribution in [0.1, 0.15) is 48.9 Å². The average Bonchev–Trinajstić information content (AvgIpc) is 3.18. The molecule has 0 unspecified atom stereocenters. The van der Waals surface area contributed by atoms with Crippen LogP contribution in [0.4, 0.5) is 0 Å². The average molecular weight is 365 g/mol. The van der Waals surface area contributed by atoms with Gasteiger partial charge in [-0.15, -0.1) is 0 Å². The second-order valence-corrected chi connectivity index (χ2v) is 9.50. The highest BCUT2D eigenvalue weighted by molar-refractivity contribution is 7.92. The van der Waals surface area contributed by atoms with Crippen LogP contribution in [0, 0.1) is 5.92 Å². The highest BCUT2D eigenvalue weighted by Gasteiger charge is 2.30. The maximum Gasteiger partial charge on any atom is 0.253 e. The van der Waals surface area contributed by atoms with E-state index in [1.165, 1.54) is 0 Å². The molecule has 0 radical (unpaired) electrons. The first-order valence-electron chi connectivity index (χ1n) is 9.30. The Labute approximate surface area is 150 Å². The molecule has 1 aromatic carbocycles. The molecule has 1 aliphatic carbocycles. The van der Waals surface area contributed by atoms with E-state index in [4.69, 9.17) is 0 Å². The Morgan fingerprint density at radius 1 is 1.08 bits per heavy atom. The number of benzene rings is 1. The number of likely N-dealkylation sites (tertiary alicyclic amines) is 1. The van der Waals surface area contributed by atoms with Crippen molar-refractivity contribution in [3.63, 3.8) is 0 Å². The number of nitrogens with one attached hydrogen (secondary N) is 1. The molecule has 1 heterocycles. The molecule has 1 aromatic rings. The van der Waals surface area contributed by atoms with Crippen LogP contribution < -0.4 is 5.32 Å². The summed E-state index contributed by atoms with van der Waals surface area (Å²) in [5.74, 6) is 0.640. The number of nitrogens with zero attached hydrogens (tertiary/aromatic N) is 1. The van der Waals surface area contributed by atoms with E-state index in [-0.39, 0.29) is 11.2 Å². The molecule has 2 aliphatic rings. The molecule has 1 saturated heterocycles. The number of sulfone groups is 1. The minimum absolute atomic E-state index is 0.00715. The summed E-state index contributed by atoms with van der Waals surface area (Å²) in [5.41, 5.74) is 0.581. The largest absolute Gasteiger partial charge is 0.339 e. The molecule has 3 rings (SSSR count). The minimum atomic E-state index is -3.25. The zero-order valence-electron chi connectivity index (χ0n) is 14.9. The first-order valence-corrected chi connectivity index (χ1v) is 10.8. The molecule has 0 spiro atoms. The second-order valence-electron chi connectivity index (χ2n) is 7.27. The summed E-state index contributed by atoms with van der Waals surface area (Å²) < 4.78 is 25.2. The standard InChI is InChI=1S/C19H28N2O3S/c1-20-14-15-10-12-21(13-11-15)19(22)16-6-8-18(9-7-16)25(23,24)17-4-2-3-5-17/h6-9,15,17,20H,2-5,10-14H2,1H3. The quantitative estimate of drug-likeness (QED) is 0.872. The third kappa shape index (κ3) is 4.06. The van der Waals surface area contributed by atoms with Gasteiger partial charge >= 0.3 is 0 Å². The summed E-state index contributed by atoms with van der Waals surface area (Å²) in [6.45, 7) is 2.54. The SMILES string of the molecule is CNCC1CCN(C(=O)c2ccc(S(=O)(=O)C3CCCC3)cc2)CC1. The van der Waals surface area contributed by atoms with Gasteiger partial charge in [0.25, 0.3) is 5.91 Å². The fraction of sp³-hybridized carbons (Fsp3) is 0.632. The Morgan fingerprint density at radius 2 is 1.68 bits per heavy atom. The zero-order valence-corrected chi connectivity index (χ0v) is 15.7. The second kappa shape index (κ2) is 7.87. The van der Waals surface area contributed by atoms with Crippen molar-refractivity contribution in [1.29, 1.82) is 0 Å². The van der Waals surface area contributed by atoms with Crippen molar-refractivity contribution in [2.75, 3.05) is 26.7 Å². The van der Waals surface area contributed by atoms with E-state index in [1.807, 2.05) is 11.9 Å². The predicted molar refractivity (Wildman–Crippen MR) is 98.4 cm³/mol. The van der Waals surface area contributed by atoms with Gasteiger partial charge in [0.1, 0.15) is 0 Å². The number of carbonyl (C=O) groups is 1. The minimum Gasteiger partial charge on any atom is -0.339 e. The Morgan fingerprint density at radius 3 is 2.24 bits per heavy atom. The molecule has 1 amide bonds. The van der Waals surface area contributed by atoms with Gasteiger partial charge in [0.2, 0.25) is 0 Å². The van der Waals surface area contributed by atoms with Crippen molar-refractivity contribution in [2.24, 2.45) is 5.92 Å². The predicted octanol–water partition coefficient (Wildman–Crippen LogP) is 2.47. The van der Waals surface area contributed by atoms with E-state index in [9.17, 15) is 13.2 Å². The maximum absolute atomic E-state index is 12.6. The lowest BCUT2D eigenvalue weighted by Crippen LogP contribution is -2.40. The van der Waals surface area contributed by atoms with Crippen LogP contribution in [0.25, 0.3) is 0 Å². The van der Waals surface area contributed by atoms with Crippen LogP contribution in [-0.4, -0.2) is 51.2 Å². The van der Waals surface area contributed by atoms with Gasteiger partial charge in [-0.05, 0) is 69.5 Å². The highest BCUT2D eigenvalue weighted by Crippen LogP contribution is 2.29. The third-order valence-corrected chi connectivity index (χ3v) is 7.84. The smallest absolute Gasteiger partial charge is 0.253 e. The molecule has 1 N–H and O–H groups in total. The Hall–Kier alpha value is -1.40. The normalized spacial score (nSPS) is 20.1. The van der Waals surface area contributed by atoms with Crippen LogP contribution in [0.2, 0.25) is 0 Å². The molecule has 2 fully saturated rings. The number of rotatable bonds is 5. The van der Waals surface area contributed by atoms with Crippen molar-refractivity contribution in [3.8, 4) is 0 Å². The summed E-state index contributed by atoms with van der Waals surface area (Å²) in [4.78, 5) is 14.9. The Bertz CT molecular complexity index is 686. The van der Waals surface area contributed by atoms with Gasteiger partial charge in [0, 0.05) is 18.7 Å². The fourth-order valence-corrected chi connectivity index (χ4v) is 5.84. The van der Waals surface area contributed by atoms with Gasteiger partial charge in [0.05, 0.1) is 10.1 Å². The topological polar surface area (TPSA) is 66.5 Å². The van der Waals surface area contributed by atoms with Crippen LogP contribution >= 0.6 is 0 Å². The first kappa shape index (κ1) is 18.4.